The first-order valence-electron chi connectivity index (χ1n) is 10.8. The fourth-order valence-corrected chi connectivity index (χ4v) is 4.58. The number of urea groups is 1. The van der Waals surface area contributed by atoms with Crippen LogP contribution in [-0.4, -0.2) is 35.9 Å². The largest absolute Gasteiger partial charge is 0.573 e. The molecule has 2 heterocycles. The minimum absolute atomic E-state index is 0.103. The van der Waals surface area contributed by atoms with Crippen LogP contribution >= 0.6 is 0 Å². The molecule has 1 aliphatic carbocycles. The summed E-state index contributed by atoms with van der Waals surface area (Å²) in [5.74, 6) is -0.295. The van der Waals surface area contributed by atoms with Gasteiger partial charge in [-0.3, -0.25) is 14.7 Å². The van der Waals surface area contributed by atoms with Gasteiger partial charge in [0.05, 0.1) is 18.5 Å². The highest BCUT2D eigenvalue weighted by atomic mass is 19.4. The first kappa shape index (κ1) is 22.7. The molecule has 3 amide bonds. The number of methoxy groups -OCH3 is 1. The van der Waals surface area contributed by atoms with Crippen molar-refractivity contribution in [3.05, 3.63) is 67.0 Å². The third-order valence-corrected chi connectivity index (χ3v) is 6.40. The molecular formula is C25H20F3N3O4. The highest BCUT2D eigenvalue weighted by Crippen LogP contribution is 2.56. The molecule has 0 radical (unpaired) electrons. The zero-order chi connectivity index (χ0) is 25.0. The van der Waals surface area contributed by atoms with Gasteiger partial charge in [-0.05, 0) is 60.4 Å². The highest BCUT2D eigenvalue weighted by molar-refractivity contribution is 6.32. The van der Waals surface area contributed by atoms with E-state index in [1.165, 1.54) is 17.0 Å². The van der Waals surface area contributed by atoms with E-state index < -0.39 is 29.6 Å². The lowest BCUT2D eigenvalue weighted by atomic mass is 10.0. The molecule has 2 fully saturated rings. The quantitative estimate of drug-likeness (QED) is 0.454. The number of hydrogen-bond donors (Lipinski definition) is 0. The van der Waals surface area contributed by atoms with Crippen LogP contribution in [0.5, 0.6) is 11.5 Å². The summed E-state index contributed by atoms with van der Waals surface area (Å²) in [6.07, 6.45) is -1.20. The van der Waals surface area contributed by atoms with Crippen LogP contribution in [-0.2, 0) is 4.79 Å². The van der Waals surface area contributed by atoms with Crippen molar-refractivity contribution >= 4 is 23.3 Å². The summed E-state index contributed by atoms with van der Waals surface area (Å²) in [6.45, 7) is 1.89. The van der Waals surface area contributed by atoms with Crippen LogP contribution in [0.1, 0.15) is 13.3 Å². The van der Waals surface area contributed by atoms with E-state index >= 15 is 0 Å². The molecule has 0 bridgehead atoms. The van der Waals surface area contributed by atoms with Gasteiger partial charge in [-0.15, -0.1) is 13.2 Å². The zero-order valence-corrected chi connectivity index (χ0v) is 18.7. The van der Waals surface area contributed by atoms with E-state index in [9.17, 15) is 22.8 Å². The number of anilines is 2. The molecule has 0 N–H and O–H groups in total. The fraction of sp³-hybridized carbons (Fsp3) is 0.240. The number of imide groups is 1. The van der Waals surface area contributed by atoms with E-state index in [-0.39, 0.29) is 11.6 Å². The Balaban J connectivity index is 1.54. The van der Waals surface area contributed by atoms with Gasteiger partial charge in [-0.2, -0.15) is 0 Å². The van der Waals surface area contributed by atoms with Crippen LogP contribution in [0, 0.1) is 5.92 Å². The third-order valence-electron chi connectivity index (χ3n) is 6.40. The molecule has 2 aliphatic rings. The second kappa shape index (κ2) is 8.00. The van der Waals surface area contributed by atoms with Gasteiger partial charge < -0.3 is 9.47 Å². The molecule has 5 rings (SSSR count). The Kier molecular flexibility index (Phi) is 5.19. The lowest BCUT2D eigenvalue weighted by Gasteiger charge is -2.25. The summed E-state index contributed by atoms with van der Waals surface area (Å²) >= 11 is 0. The average Bonchev–Trinajstić information content (AvgIpc) is 3.45. The molecule has 3 aromatic rings. The predicted molar refractivity (Wildman–Crippen MR) is 121 cm³/mol. The van der Waals surface area contributed by atoms with Gasteiger partial charge in [0.25, 0.3) is 5.91 Å². The molecule has 180 valence electrons. The molecule has 2 unspecified atom stereocenters. The normalized spacial score (nSPS) is 21.6. The van der Waals surface area contributed by atoms with Crippen LogP contribution < -0.4 is 19.3 Å². The molecule has 1 saturated carbocycles. The van der Waals surface area contributed by atoms with Gasteiger partial charge in [0.1, 0.15) is 17.0 Å². The van der Waals surface area contributed by atoms with E-state index in [2.05, 4.69) is 9.72 Å². The molecular weight excluding hydrogens is 463 g/mol. The Morgan fingerprint density at radius 3 is 2.20 bits per heavy atom. The number of aromatic nitrogens is 1. The van der Waals surface area contributed by atoms with Crippen molar-refractivity contribution in [2.75, 3.05) is 16.9 Å². The van der Waals surface area contributed by atoms with Gasteiger partial charge in [0.2, 0.25) is 0 Å². The predicted octanol–water partition coefficient (Wildman–Crippen LogP) is 5.41. The molecule has 1 saturated heterocycles. The molecule has 1 spiro atoms. The molecule has 7 nitrogen and oxygen atoms in total. The molecule has 2 aromatic carbocycles. The van der Waals surface area contributed by atoms with Gasteiger partial charge in [0, 0.05) is 18.0 Å². The van der Waals surface area contributed by atoms with Crippen molar-refractivity contribution in [3.63, 3.8) is 0 Å². The maximum Gasteiger partial charge on any atom is 0.573 e. The van der Waals surface area contributed by atoms with Gasteiger partial charge in [-0.1, -0.05) is 19.1 Å². The molecule has 35 heavy (non-hydrogen) atoms. The summed E-state index contributed by atoms with van der Waals surface area (Å²) in [4.78, 5) is 34.0. The van der Waals surface area contributed by atoms with Crippen LogP contribution in [0.4, 0.5) is 29.3 Å². The van der Waals surface area contributed by atoms with Crippen LogP contribution in [0.25, 0.3) is 11.1 Å². The zero-order valence-electron chi connectivity index (χ0n) is 18.7. The van der Waals surface area contributed by atoms with E-state index in [1.807, 2.05) is 19.1 Å². The van der Waals surface area contributed by atoms with Crippen molar-refractivity contribution in [1.29, 1.82) is 0 Å². The molecule has 2 atom stereocenters. The number of carbonyl (C=O) groups excluding carboxylic acids is 2. The van der Waals surface area contributed by atoms with E-state index in [0.29, 0.717) is 23.4 Å². The smallest absolute Gasteiger partial charge is 0.497 e. The Morgan fingerprint density at radius 2 is 1.63 bits per heavy atom. The highest BCUT2D eigenvalue weighted by Gasteiger charge is 2.70. The molecule has 1 aliphatic heterocycles. The summed E-state index contributed by atoms with van der Waals surface area (Å²) in [5, 5.41) is 0. The van der Waals surface area contributed by atoms with Gasteiger partial charge >= 0.3 is 12.4 Å². The van der Waals surface area contributed by atoms with E-state index in [0.717, 1.165) is 22.6 Å². The Hall–Kier alpha value is -4.08. The van der Waals surface area contributed by atoms with Crippen molar-refractivity contribution in [2.24, 2.45) is 5.92 Å². The van der Waals surface area contributed by atoms with E-state index in [1.54, 1.807) is 37.7 Å². The summed E-state index contributed by atoms with van der Waals surface area (Å²) in [7, 11) is 1.56. The summed E-state index contributed by atoms with van der Waals surface area (Å²) in [6, 6.07) is 13.0. The van der Waals surface area contributed by atoms with Crippen LogP contribution in [0.3, 0.4) is 0 Å². The molecule has 1 aromatic heterocycles. The minimum atomic E-state index is -4.84. The fourth-order valence-electron chi connectivity index (χ4n) is 4.58. The lowest BCUT2D eigenvalue weighted by molar-refractivity contribution is -0.274. The molecule has 10 heteroatoms. The topological polar surface area (TPSA) is 72.0 Å². The van der Waals surface area contributed by atoms with Crippen LogP contribution in [0.2, 0.25) is 0 Å². The SMILES string of the molecule is COc1ccc(-c2cnccc2N2C(=O)N(c3ccc(OC(F)(F)F)cc3)C(=O)C23CC3C)cc1. The second-order valence-electron chi connectivity index (χ2n) is 8.45. The van der Waals surface area contributed by atoms with Crippen molar-refractivity contribution < 1.29 is 32.2 Å². The third kappa shape index (κ3) is 3.74. The van der Waals surface area contributed by atoms with E-state index in [4.69, 9.17) is 4.74 Å². The number of carbonyl (C=O) groups is 2. The van der Waals surface area contributed by atoms with Crippen molar-refractivity contribution in [2.45, 2.75) is 25.2 Å². The van der Waals surface area contributed by atoms with Crippen molar-refractivity contribution in [3.8, 4) is 22.6 Å². The standard InChI is InChI=1S/C25H20F3N3O4/c1-15-13-24(15)22(32)30(17-5-9-19(10-6-17)35-25(26,27)28)23(33)31(24)21-11-12-29-14-20(21)16-3-7-18(34-2)8-4-16/h3-12,14-15H,13H2,1-2H3. The number of ether oxygens (including phenoxy) is 2. The van der Waals surface area contributed by atoms with Gasteiger partial charge in [-0.25, -0.2) is 9.69 Å². The summed E-state index contributed by atoms with van der Waals surface area (Å²) in [5.41, 5.74) is 1.05. The summed E-state index contributed by atoms with van der Waals surface area (Å²) < 4.78 is 46.7. The first-order chi connectivity index (χ1) is 16.7. The average molecular weight is 483 g/mol. The lowest BCUT2D eigenvalue weighted by Crippen LogP contribution is -2.39. The Bertz CT molecular complexity index is 1290. The Morgan fingerprint density at radius 1 is 1.00 bits per heavy atom. The number of halogens is 3. The number of rotatable bonds is 5. The monoisotopic (exact) mass is 483 g/mol. The maximum atomic E-state index is 13.7. The van der Waals surface area contributed by atoms with Crippen LogP contribution in [0.15, 0.2) is 67.0 Å². The number of amides is 3. The second-order valence-corrected chi connectivity index (χ2v) is 8.45. The first-order valence-corrected chi connectivity index (χ1v) is 10.8. The number of pyridine rings is 1. The minimum Gasteiger partial charge on any atom is -0.497 e. The van der Waals surface area contributed by atoms with Crippen molar-refractivity contribution in [1.82, 2.24) is 4.98 Å². The number of hydrogen-bond acceptors (Lipinski definition) is 5. The number of nitrogens with zero attached hydrogens (tertiary/aromatic N) is 3. The number of alkyl halides is 3. The number of benzene rings is 2. The maximum absolute atomic E-state index is 13.7. The Labute approximate surface area is 198 Å². The van der Waals surface area contributed by atoms with Gasteiger partial charge in [0.15, 0.2) is 0 Å².